The summed E-state index contributed by atoms with van der Waals surface area (Å²) in [7, 11) is 3.23. The van der Waals surface area contributed by atoms with Gasteiger partial charge in [-0.1, -0.05) is 30.3 Å². The van der Waals surface area contributed by atoms with Gasteiger partial charge >= 0.3 is 0 Å². The first-order valence-electron chi connectivity index (χ1n) is 8.59. The van der Waals surface area contributed by atoms with E-state index in [1.807, 2.05) is 30.3 Å². The van der Waals surface area contributed by atoms with Crippen molar-refractivity contribution in [3.05, 3.63) is 58.3 Å². The number of benzene rings is 2. The molecule has 27 heavy (non-hydrogen) atoms. The Morgan fingerprint density at radius 2 is 1.85 bits per heavy atom. The second kappa shape index (κ2) is 7.58. The van der Waals surface area contributed by atoms with Gasteiger partial charge in [-0.2, -0.15) is 0 Å². The van der Waals surface area contributed by atoms with E-state index < -0.39 is 0 Å². The molecule has 4 rings (SSSR count). The first kappa shape index (κ1) is 17.8. The van der Waals surface area contributed by atoms with E-state index in [1.165, 1.54) is 5.56 Å². The molecule has 0 saturated carbocycles. The van der Waals surface area contributed by atoms with Crippen molar-refractivity contribution in [3.63, 3.8) is 0 Å². The first-order chi connectivity index (χ1) is 13.2. The number of ether oxygens (including phenoxy) is 2. The fourth-order valence-corrected chi connectivity index (χ4v) is 3.70. The Balaban J connectivity index is 1.72. The summed E-state index contributed by atoms with van der Waals surface area (Å²) in [5.41, 5.74) is 2.04. The molecule has 1 aromatic heterocycles. The summed E-state index contributed by atoms with van der Waals surface area (Å²) < 4.78 is 13.8. The highest BCUT2D eigenvalue weighted by atomic mass is 79.9. The van der Waals surface area contributed by atoms with Gasteiger partial charge in [0, 0.05) is 23.2 Å². The first-order valence-corrected chi connectivity index (χ1v) is 9.38. The van der Waals surface area contributed by atoms with Crippen LogP contribution in [0.3, 0.4) is 0 Å². The Morgan fingerprint density at radius 3 is 2.59 bits per heavy atom. The fourth-order valence-electron chi connectivity index (χ4n) is 3.28. The molecule has 0 fully saturated rings. The van der Waals surface area contributed by atoms with Crippen LogP contribution in [0.15, 0.2) is 46.9 Å². The number of aromatic nitrogens is 3. The van der Waals surface area contributed by atoms with Gasteiger partial charge in [0.05, 0.1) is 32.5 Å². The third-order valence-electron chi connectivity index (χ3n) is 4.60. The van der Waals surface area contributed by atoms with E-state index in [4.69, 9.17) is 9.47 Å². The molecular formula is C19H20BrN5O2. The lowest BCUT2D eigenvalue weighted by molar-refractivity contribution is 0.355. The maximum atomic E-state index is 5.42. The maximum Gasteiger partial charge on any atom is 0.229 e. The van der Waals surface area contributed by atoms with E-state index in [1.54, 1.807) is 14.2 Å². The Hall–Kier alpha value is -2.58. The number of rotatable bonds is 5. The van der Waals surface area contributed by atoms with Crippen LogP contribution in [-0.2, 0) is 6.54 Å². The molecule has 7 nitrogen and oxygen atoms in total. The molecule has 1 atom stereocenters. The highest BCUT2D eigenvalue weighted by Gasteiger charge is 2.26. The summed E-state index contributed by atoms with van der Waals surface area (Å²) in [5, 5.41) is 15.5. The lowest BCUT2D eigenvalue weighted by Gasteiger charge is -2.27. The number of anilines is 2. The molecule has 0 spiro atoms. The maximum absolute atomic E-state index is 5.42. The Morgan fingerprint density at radius 1 is 1.11 bits per heavy atom. The minimum Gasteiger partial charge on any atom is -0.493 e. The second-order valence-corrected chi connectivity index (χ2v) is 7.03. The lowest BCUT2D eigenvalue weighted by atomic mass is 10.1. The molecule has 0 radical (unpaired) electrons. The third-order valence-corrected chi connectivity index (χ3v) is 5.26. The van der Waals surface area contributed by atoms with Crippen LogP contribution in [0.25, 0.3) is 0 Å². The third kappa shape index (κ3) is 3.38. The van der Waals surface area contributed by atoms with Crippen molar-refractivity contribution in [2.75, 3.05) is 26.1 Å². The number of hydrogen-bond donors (Lipinski definition) is 2. The smallest absolute Gasteiger partial charge is 0.229 e. The number of fused-ring (bicyclic) bond motifs is 1. The summed E-state index contributed by atoms with van der Waals surface area (Å²) >= 11 is 3.59. The van der Waals surface area contributed by atoms with E-state index in [0.717, 1.165) is 22.5 Å². The van der Waals surface area contributed by atoms with Crippen molar-refractivity contribution in [1.82, 2.24) is 20.1 Å². The molecule has 2 N–H and O–H groups in total. The normalized spacial score (nSPS) is 15.9. The Kier molecular flexibility index (Phi) is 5.00. The largest absolute Gasteiger partial charge is 0.493 e. The second-order valence-electron chi connectivity index (χ2n) is 6.18. The highest BCUT2D eigenvalue weighted by Crippen LogP contribution is 2.38. The summed E-state index contributed by atoms with van der Waals surface area (Å²) in [4.78, 5) is 0. The zero-order chi connectivity index (χ0) is 18.8. The van der Waals surface area contributed by atoms with E-state index in [0.29, 0.717) is 24.0 Å². The monoisotopic (exact) mass is 429 g/mol. The minimum atomic E-state index is 0.117. The molecule has 1 aliphatic heterocycles. The van der Waals surface area contributed by atoms with Crippen LogP contribution in [0, 0.1) is 0 Å². The fraction of sp³-hybridized carbons (Fsp3) is 0.263. The quantitative estimate of drug-likeness (QED) is 0.646. The van der Waals surface area contributed by atoms with E-state index in [2.05, 4.69) is 53.5 Å². The van der Waals surface area contributed by atoms with Crippen molar-refractivity contribution < 1.29 is 9.47 Å². The topological polar surface area (TPSA) is 73.2 Å². The van der Waals surface area contributed by atoms with Gasteiger partial charge in [0.15, 0.2) is 11.5 Å². The van der Waals surface area contributed by atoms with Crippen molar-refractivity contribution in [3.8, 4) is 11.5 Å². The molecule has 2 heterocycles. The minimum absolute atomic E-state index is 0.117. The lowest BCUT2D eigenvalue weighted by Crippen LogP contribution is -2.34. The predicted molar refractivity (Wildman–Crippen MR) is 107 cm³/mol. The molecule has 0 amide bonds. The summed E-state index contributed by atoms with van der Waals surface area (Å²) in [5.74, 6) is 2.88. The van der Waals surface area contributed by atoms with Crippen molar-refractivity contribution in [2.24, 2.45) is 0 Å². The van der Waals surface area contributed by atoms with Gasteiger partial charge in [-0.15, -0.1) is 10.2 Å². The average Bonchev–Trinajstić information content (AvgIpc) is 3.13. The Labute approximate surface area is 165 Å². The van der Waals surface area contributed by atoms with Gasteiger partial charge < -0.3 is 20.1 Å². The highest BCUT2D eigenvalue weighted by molar-refractivity contribution is 9.10. The molecule has 2 aromatic carbocycles. The molecule has 140 valence electrons. The number of nitrogens with one attached hydrogen (secondary N) is 2. The zero-order valence-corrected chi connectivity index (χ0v) is 16.7. The van der Waals surface area contributed by atoms with Crippen LogP contribution in [0.4, 0.5) is 11.6 Å². The SMILES string of the molecule is COc1cc(Br)c(Nc2nnc3n2C(c2ccccc2)CNC3)cc1OC. The average molecular weight is 430 g/mol. The molecule has 3 aromatic rings. The molecule has 0 aliphatic carbocycles. The van der Waals surface area contributed by atoms with Crippen molar-refractivity contribution in [2.45, 2.75) is 12.6 Å². The van der Waals surface area contributed by atoms with Crippen LogP contribution < -0.4 is 20.1 Å². The number of nitrogens with zero attached hydrogens (tertiary/aromatic N) is 3. The van der Waals surface area contributed by atoms with Gasteiger partial charge in [0.25, 0.3) is 0 Å². The molecule has 1 unspecified atom stereocenters. The van der Waals surface area contributed by atoms with Crippen LogP contribution in [-0.4, -0.2) is 35.5 Å². The van der Waals surface area contributed by atoms with E-state index in [9.17, 15) is 0 Å². The number of methoxy groups -OCH3 is 2. The van der Waals surface area contributed by atoms with E-state index in [-0.39, 0.29) is 6.04 Å². The van der Waals surface area contributed by atoms with Gasteiger partial charge in [-0.3, -0.25) is 4.57 Å². The van der Waals surface area contributed by atoms with Gasteiger partial charge in [-0.05, 0) is 21.5 Å². The van der Waals surface area contributed by atoms with Crippen LogP contribution in [0.1, 0.15) is 17.4 Å². The summed E-state index contributed by atoms with van der Waals surface area (Å²) in [6.07, 6.45) is 0. The standard InChI is InChI=1S/C19H20BrN5O2/c1-26-16-8-13(20)14(9-17(16)27-2)22-19-24-23-18-11-21-10-15(25(18)19)12-6-4-3-5-7-12/h3-9,15,21H,10-11H2,1-2H3,(H,22,24). The molecule has 1 aliphatic rings. The molecule has 0 saturated heterocycles. The van der Waals surface area contributed by atoms with Gasteiger partial charge in [0.2, 0.25) is 5.95 Å². The van der Waals surface area contributed by atoms with Gasteiger partial charge in [0.1, 0.15) is 5.82 Å². The van der Waals surface area contributed by atoms with Crippen molar-refractivity contribution in [1.29, 1.82) is 0 Å². The molecular weight excluding hydrogens is 410 g/mol. The van der Waals surface area contributed by atoms with Gasteiger partial charge in [-0.25, -0.2) is 0 Å². The predicted octanol–water partition coefficient (Wildman–Crippen LogP) is 3.49. The van der Waals surface area contributed by atoms with E-state index >= 15 is 0 Å². The van der Waals surface area contributed by atoms with Crippen LogP contribution in [0.2, 0.25) is 0 Å². The number of halogens is 1. The number of hydrogen-bond acceptors (Lipinski definition) is 6. The van der Waals surface area contributed by atoms with Crippen LogP contribution >= 0.6 is 15.9 Å². The van der Waals surface area contributed by atoms with Crippen molar-refractivity contribution >= 4 is 27.6 Å². The van der Waals surface area contributed by atoms with Crippen LogP contribution in [0.5, 0.6) is 11.5 Å². The summed E-state index contributed by atoms with van der Waals surface area (Å²) in [6.45, 7) is 1.50. The Bertz CT molecular complexity index is 945. The summed E-state index contributed by atoms with van der Waals surface area (Å²) in [6, 6.07) is 14.2. The zero-order valence-electron chi connectivity index (χ0n) is 15.1. The molecule has 8 heteroatoms. The molecule has 0 bridgehead atoms.